The largest absolute Gasteiger partial charge is 0.497 e. The molecule has 4 heterocycles. The number of thiophene rings is 1. The molecule has 1 aliphatic heterocycles. The van der Waals surface area contributed by atoms with Crippen molar-refractivity contribution in [3.05, 3.63) is 53.0 Å². The van der Waals surface area contributed by atoms with Crippen LogP contribution < -0.4 is 15.0 Å². The summed E-state index contributed by atoms with van der Waals surface area (Å²) in [5, 5.41) is 7.64. The van der Waals surface area contributed by atoms with Gasteiger partial charge in [-0.3, -0.25) is 4.57 Å². The number of nitrogens with zero attached hydrogens (tertiary/aromatic N) is 5. The summed E-state index contributed by atoms with van der Waals surface area (Å²) in [6.07, 6.45) is 2.69. The Morgan fingerprint density at radius 1 is 1.13 bits per heavy atom. The van der Waals surface area contributed by atoms with Gasteiger partial charge in [-0.25, -0.2) is 4.98 Å². The second kappa shape index (κ2) is 8.91. The third kappa shape index (κ3) is 4.19. The van der Waals surface area contributed by atoms with Crippen molar-refractivity contribution in [2.45, 2.75) is 6.42 Å². The van der Waals surface area contributed by atoms with E-state index < -0.39 is 0 Å². The number of benzene rings is 1. The van der Waals surface area contributed by atoms with Crippen LogP contribution in [-0.2, 0) is 11.2 Å². The molecule has 4 aromatic rings. The molecule has 8 nitrogen and oxygen atoms in total. The van der Waals surface area contributed by atoms with Crippen LogP contribution in [0.4, 0.5) is 11.8 Å². The first kappa shape index (κ1) is 19.8. The molecule has 0 saturated carbocycles. The lowest BCUT2D eigenvalue weighted by molar-refractivity contribution is 0.122. The van der Waals surface area contributed by atoms with Crippen LogP contribution in [0.25, 0.3) is 16.9 Å². The summed E-state index contributed by atoms with van der Waals surface area (Å²) in [5.74, 6) is 2.33. The number of nitrogens with one attached hydrogen (secondary N) is 1. The Morgan fingerprint density at radius 2 is 1.97 bits per heavy atom. The normalized spacial score (nSPS) is 14.2. The van der Waals surface area contributed by atoms with Crippen molar-refractivity contribution in [3.63, 3.8) is 0 Å². The summed E-state index contributed by atoms with van der Waals surface area (Å²) in [7, 11) is 1.68. The number of methoxy groups -OCH3 is 1. The molecule has 0 unspecified atom stereocenters. The standard InChI is InChI=1S/C22H24N6O2S/c1-29-18-4-2-16(3-5-18)6-8-23-20-19-21(28(15-24-19)17-7-13-31-14-17)26-22(25-20)27-9-11-30-12-10-27/h2-5,7,13-15H,6,8-12H2,1H3,(H,23,25,26). The third-order valence-corrected chi connectivity index (χ3v) is 6.00. The van der Waals surface area contributed by atoms with Gasteiger partial charge in [0, 0.05) is 25.0 Å². The van der Waals surface area contributed by atoms with Gasteiger partial charge in [0.25, 0.3) is 0 Å². The van der Waals surface area contributed by atoms with Gasteiger partial charge in [-0.15, -0.1) is 0 Å². The minimum atomic E-state index is 0.686. The zero-order chi connectivity index (χ0) is 21.0. The van der Waals surface area contributed by atoms with Crippen LogP contribution in [0.2, 0.25) is 0 Å². The first-order valence-electron chi connectivity index (χ1n) is 10.3. The van der Waals surface area contributed by atoms with Crippen LogP contribution >= 0.6 is 11.3 Å². The SMILES string of the molecule is COc1ccc(CCNc2nc(N3CCOCC3)nc3c2ncn3-c2ccsc2)cc1. The van der Waals surface area contributed by atoms with E-state index >= 15 is 0 Å². The van der Waals surface area contributed by atoms with Gasteiger partial charge in [0.1, 0.15) is 12.1 Å². The summed E-state index contributed by atoms with van der Waals surface area (Å²) >= 11 is 1.65. The molecule has 1 fully saturated rings. The van der Waals surface area contributed by atoms with Gasteiger partial charge in [-0.2, -0.15) is 21.3 Å². The Kier molecular flexibility index (Phi) is 5.68. The Balaban J connectivity index is 1.43. The minimum Gasteiger partial charge on any atom is -0.497 e. The average Bonchev–Trinajstić information content (AvgIpc) is 3.50. The summed E-state index contributed by atoms with van der Waals surface area (Å²) < 4.78 is 12.8. The maximum atomic E-state index is 5.50. The monoisotopic (exact) mass is 436 g/mol. The van der Waals surface area contributed by atoms with Crippen LogP contribution in [0.3, 0.4) is 0 Å². The predicted molar refractivity (Wildman–Crippen MR) is 123 cm³/mol. The summed E-state index contributed by atoms with van der Waals surface area (Å²) in [5.41, 5.74) is 3.87. The van der Waals surface area contributed by atoms with Gasteiger partial charge in [-0.05, 0) is 35.6 Å². The maximum absolute atomic E-state index is 5.50. The van der Waals surface area contributed by atoms with Crippen LogP contribution in [-0.4, -0.2) is 59.5 Å². The highest BCUT2D eigenvalue weighted by Crippen LogP contribution is 2.26. The summed E-state index contributed by atoms with van der Waals surface area (Å²) in [6, 6.07) is 10.2. The van der Waals surface area contributed by atoms with Crippen molar-refractivity contribution in [1.29, 1.82) is 0 Å². The van der Waals surface area contributed by atoms with E-state index in [0.717, 1.165) is 54.5 Å². The fourth-order valence-corrected chi connectivity index (χ4v) is 4.25. The number of morpholine rings is 1. The molecular formula is C22H24N6O2S. The van der Waals surface area contributed by atoms with Gasteiger partial charge < -0.3 is 19.7 Å². The van der Waals surface area contributed by atoms with Gasteiger partial charge in [0.2, 0.25) is 5.95 Å². The number of fused-ring (bicyclic) bond motifs is 1. The Labute approximate surface area is 184 Å². The number of rotatable bonds is 7. The topological polar surface area (TPSA) is 77.3 Å². The van der Waals surface area contributed by atoms with Gasteiger partial charge in [-0.1, -0.05) is 12.1 Å². The van der Waals surface area contributed by atoms with E-state index in [4.69, 9.17) is 19.4 Å². The second-order valence-corrected chi connectivity index (χ2v) is 8.04. The summed E-state index contributed by atoms with van der Waals surface area (Å²) in [6.45, 7) is 3.68. The number of imidazole rings is 1. The summed E-state index contributed by atoms with van der Waals surface area (Å²) in [4.78, 5) is 16.5. The molecule has 0 bridgehead atoms. The van der Waals surface area contributed by atoms with Gasteiger partial charge in [0.05, 0.1) is 26.0 Å². The highest BCUT2D eigenvalue weighted by molar-refractivity contribution is 7.08. The lowest BCUT2D eigenvalue weighted by Crippen LogP contribution is -2.37. The van der Waals surface area contributed by atoms with Crippen molar-refractivity contribution >= 4 is 34.3 Å². The highest BCUT2D eigenvalue weighted by atomic mass is 32.1. The fraction of sp³-hybridized carbons (Fsp3) is 0.318. The highest BCUT2D eigenvalue weighted by Gasteiger charge is 2.19. The number of aromatic nitrogens is 4. The van der Waals surface area contributed by atoms with Crippen molar-refractivity contribution in [2.75, 3.05) is 50.2 Å². The third-order valence-electron chi connectivity index (χ3n) is 5.33. The molecular weight excluding hydrogens is 412 g/mol. The fourth-order valence-electron chi connectivity index (χ4n) is 3.62. The first-order valence-corrected chi connectivity index (χ1v) is 11.2. The molecule has 31 heavy (non-hydrogen) atoms. The number of hydrogen-bond acceptors (Lipinski definition) is 8. The van der Waals surface area contributed by atoms with Crippen molar-refractivity contribution in [1.82, 2.24) is 19.5 Å². The Morgan fingerprint density at radius 3 is 2.71 bits per heavy atom. The smallest absolute Gasteiger partial charge is 0.229 e. The number of hydrogen-bond donors (Lipinski definition) is 1. The van der Waals surface area contributed by atoms with E-state index in [1.807, 2.05) is 23.0 Å². The minimum absolute atomic E-state index is 0.686. The molecule has 160 valence electrons. The first-order chi connectivity index (χ1) is 15.3. The molecule has 1 aliphatic rings. The molecule has 0 radical (unpaired) electrons. The van der Waals surface area contributed by atoms with E-state index in [9.17, 15) is 0 Å². The lowest BCUT2D eigenvalue weighted by atomic mass is 10.1. The van der Waals surface area contributed by atoms with Crippen molar-refractivity contribution in [3.8, 4) is 11.4 Å². The molecule has 5 rings (SSSR count). The quantitative estimate of drug-likeness (QED) is 0.476. The van der Waals surface area contributed by atoms with Crippen LogP contribution in [0, 0.1) is 0 Å². The van der Waals surface area contributed by atoms with E-state index in [0.29, 0.717) is 19.2 Å². The zero-order valence-corrected chi connectivity index (χ0v) is 18.1. The molecule has 0 spiro atoms. The van der Waals surface area contributed by atoms with Gasteiger partial charge in [0.15, 0.2) is 17.0 Å². The van der Waals surface area contributed by atoms with E-state index in [-0.39, 0.29) is 0 Å². The molecule has 3 aromatic heterocycles. The molecule has 0 atom stereocenters. The molecule has 1 N–H and O–H groups in total. The number of ether oxygens (including phenoxy) is 2. The van der Waals surface area contributed by atoms with E-state index in [1.165, 1.54) is 5.56 Å². The van der Waals surface area contributed by atoms with Crippen molar-refractivity contribution < 1.29 is 9.47 Å². The molecule has 9 heteroatoms. The van der Waals surface area contributed by atoms with Crippen LogP contribution in [0.1, 0.15) is 5.56 Å². The molecule has 0 amide bonds. The van der Waals surface area contributed by atoms with E-state index in [1.54, 1.807) is 18.4 Å². The lowest BCUT2D eigenvalue weighted by Gasteiger charge is -2.27. The van der Waals surface area contributed by atoms with Gasteiger partial charge >= 0.3 is 0 Å². The average molecular weight is 437 g/mol. The maximum Gasteiger partial charge on any atom is 0.229 e. The Bertz CT molecular complexity index is 1140. The van der Waals surface area contributed by atoms with E-state index in [2.05, 4.69) is 44.2 Å². The molecule has 0 aliphatic carbocycles. The van der Waals surface area contributed by atoms with Crippen LogP contribution in [0.5, 0.6) is 5.75 Å². The Hall–Kier alpha value is -3.17. The number of anilines is 2. The predicted octanol–water partition coefficient (Wildman–Crippen LogP) is 3.38. The van der Waals surface area contributed by atoms with Crippen molar-refractivity contribution in [2.24, 2.45) is 0 Å². The zero-order valence-electron chi connectivity index (χ0n) is 17.3. The second-order valence-electron chi connectivity index (χ2n) is 7.26. The van der Waals surface area contributed by atoms with Crippen LogP contribution in [0.15, 0.2) is 47.4 Å². The molecule has 1 saturated heterocycles. The molecule has 1 aromatic carbocycles.